The third kappa shape index (κ3) is 3.06. The van der Waals surface area contributed by atoms with Gasteiger partial charge < -0.3 is 5.32 Å². The molecule has 1 heterocycles. The first-order chi connectivity index (χ1) is 6.61. The van der Waals surface area contributed by atoms with Crippen LogP contribution in [0.25, 0.3) is 0 Å². The van der Waals surface area contributed by atoms with E-state index >= 15 is 0 Å². The Morgan fingerprint density at radius 2 is 2.36 bits per heavy atom. The Kier molecular flexibility index (Phi) is 3.99. The molecule has 2 N–H and O–H groups in total. The summed E-state index contributed by atoms with van der Waals surface area (Å²) in [4.78, 5) is 11.2. The van der Waals surface area contributed by atoms with Crippen molar-refractivity contribution >= 4 is 21.8 Å². The van der Waals surface area contributed by atoms with Gasteiger partial charge in [0.25, 0.3) is 0 Å². The van der Waals surface area contributed by atoms with Crippen LogP contribution in [-0.4, -0.2) is 31.4 Å². The molecule has 1 unspecified atom stereocenters. The molecule has 1 amide bonds. The topological polar surface area (TPSA) is 83.6 Å². The van der Waals surface area contributed by atoms with Crippen molar-refractivity contribution in [3.63, 3.8) is 0 Å². The highest BCUT2D eigenvalue weighted by Crippen LogP contribution is 2.11. The van der Waals surface area contributed by atoms with Crippen LogP contribution in [0.1, 0.15) is 19.7 Å². The van der Waals surface area contributed by atoms with Gasteiger partial charge in [-0.25, -0.2) is 0 Å². The summed E-state index contributed by atoms with van der Waals surface area (Å²) in [6.45, 7) is 4.23. The molecule has 0 aromatic carbocycles. The molecule has 0 bridgehead atoms. The van der Waals surface area contributed by atoms with Crippen LogP contribution in [-0.2, 0) is 11.3 Å². The Labute approximate surface area is 90.0 Å². The van der Waals surface area contributed by atoms with Gasteiger partial charge in [0.1, 0.15) is 0 Å². The van der Waals surface area contributed by atoms with Crippen molar-refractivity contribution in [2.75, 3.05) is 0 Å². The number of H-pyrrole nitrogens is 1. The summed E-state index contributed by atoms with van der Waals surface area (Å²) >= 11 is 3.30. The molecule has 14 heavy (non-hydrogen) atoms. The van der Waals surface area contributed by atoms with Crippen LogP contribution in [0, 0.1) is 5.92 Å². The molecule has 0 aliphatic rings. The van der Waals surface area contributed by atoms with E-state index in [0.29, 0.717) is 12.4 Å². The minimum Gasteiger partial charge on any atom is -0.348 e. The Balaban J connectivity index is 2.35. The van der Waals surface area contributed by atoms with Gasteiger partial charge >= 0.3 is 0 Å². The van der Waals surface area contributed by atoms with Crippen molar-refractivity contribution in [1.29, 1.82) is 0 Å². The number of nitrogens with one attached hydrogen (secondary N) is 2. The lowest BCUT2D eigenvalue weighted by Crippen LogP contribution is -2.33. The zero-order valence-electron chi connectivity index (χ0n) is 7.99. The van der Waals surface area contributed by atoms with Gasteiger partial charge in [0.05, 0.1) is 11.4 Å². The molecule has 1 aromatic heterocycles. The number of alkyl halides is 1. The van der Waals surface area contributed by atoms with Crippen molar-refractivity contribution < 1.29 is 4.79 Å². The molecule has 0 saturated heterocycles. The number of hydrogen-bond donors (Lipinski definition) is 2. The lowest BCUT2D eigenvalue weighted by Gasteiger charge is -2.12. The predicted molar refractivity (Wildman–Crippen MR) is 53.6 cm³/mol. The van der Waals surface area contributed by atoms with E-state index in [2.05, 4.69) is 41.9 Å². The lowest BCUT2D eigenvalue weighted by atomic mass is 10.1. The van der Waals surface area contributed by atoms with E-state index in [-0.39, 0.29) is 16.7 Å². The number of amides is 1. The molecule has 0 aliphatic carbocycles. The highest BCUT2D eigenvalue weighted by Gasteiger charge is 2.18. The molecule has 0 fully saturated rings. The molecular formula is C7H12BrN5O. The van der Waals surface area contributed by atoms with Gasteiger partial charge in [-0.05, 0) is 5.92 Å². The van der Waals surface area contributed by atoms with Crippen molar-refractivity contribution in [2.45, 2.75) is 25.2 Å². The second-order valence-corrected chi connectivity index (χ2v) is 4.18. The van der Waals surface area contributed by atoms with Gasteiger partial charge in [0.2, 0.25) is 5.91 Å². The quantitative estimate of drug-likeness (QED) is 0.761. The van der Waals surface area contributed by atoms with Gasteiger partial charge in [-0.15, -0.1) is 10.2 Å². The zero-order chi connectivity index (χ0) is 10.6. The number of halogens is 1. The summed E-state index contributed by atoms with van der Waals surface area (Å²) in [6, 6.07) is 0. The summed E-state index contributed by atoms with van der Waals surface area (Å²) in [6.07, 6.45) is 0. The molecule has 1 rings (SSSR count). The van der Waals surface area contributed by atoms with E-state index in [1.807, 2.05) is 13.8 Å². The minimum absolute atomic E-state index is 0.0650. The summed E-state index contributed by atoms with van der Waals surface area (Å²) in [5, 5.41) is 15.8. The number of carbonyl (C=O) groups excluding carboxylic acids is 1. The van der Waals surface area contributed by atoms with Gasteiger partial charge in [0, 0.05) is 0 Å². The summed E-state index contributed by atoms with van der Waals surface area (Å²) < 4.78 is 0. The largest absolute Gasteiger partial charge is 0.348 e. The number of aromatic amines is 1. The van der Waals surface area contributed by atoms with Crippen LogP contribution in [0.5, 0.6) is 0 Å². The van der Waals surface area contributed by atoms with E-state index in [1.54, 1.807) is 0 Å². The number of nitrogens with zero attached hydrogens (tertiary/aromatic N) is 3. The third-order valence-electron chi connectivity index (χ3n) is 1.65. The Morgan fingerprint density at radius 3 is 2.86 bits per heavy atom. The second-order valence-electron chi connectivity index (χ2n) is 3.19. The summed E-state index contributed by atoms with van der Waals surface area (Å²) in [5.41, 5.74) is 0. The smallest absolute Gasteiger partial charge is 0.234 e. The van der Waals surface area contributed by atoms with Crippen LogP contribution in [0.15, 0.2) is 0 Å². The SMILES string of the molecule is CC(C)C(Br)C(=O)NCc1nn[nH]n1. The van der Waals surface area contributed by atoms with Crippen molar-refractivity contribution in [3.8, 4) is 0 Å². The highest BCUT2D eigenvalue weighted by atomic mass is 79.9. The van der Waals surface area contributed by atoms with Gasteiger partial charge in [0.15, 0.2) is 5.82 Å². The molecule has 6 nitrogen and oxygen atoms in total. The molecule has 0 saturated carbocycles. The van der Waals surface area contributed by atoms with Crippen LogP contribution in [0.3, 0.4) is 0 Å². The highest BCUT2D eigenvalue weighted by molar-refractivity contribution is 9.10. The fourth-order valence-corrected chi connectivity index (χ4v) is 0.986. The van der Waals surface area contributed by atoms with Gasteiger partial charge in [-0.2, -0.15) is 5.21 Å². The maximum atomic E-state index is 11.4. The first kappa shape index (κ1) is 11.1. The fourth-order valence-electron chi connectivity index (χ4n) is 0.824. The molecule has 0 aliphatic heterocycles. The van der Waals surface area contributed by atoms with E-state index in [4.69, 9.17) is 0 Å². The van der Waals surface area contributed by atoms with Crippen molar-refractivity contribution in [1.82, 2.24) is 25.9 Å². The lowest BCUT2D eigenvalue weighted by molar-refractivity contribution is -0.121. The predicted octanol–water partition coefficient (Wildman–Crippen LogP) is 0.235. The number of aromatic nitrogens is 4. The second kappa shape index (κ2) is 5.04. The monoisotopic (exact) mass is 261 g/mol. The van der Waals surface area contributed by atoms with Crippen LogP contribution in [0.4, 0.5) is 0 Å². The van der Waals surface area contributed by atoms with E-state index < -0.39 is 0 Å². The molecular weight excluding hydrogens is 250 g/mol. The summed E-state index contributed by atoms with van der Waals surface area (Å²) in [5.74, 6) is 0.659. The maximum Gasteiger partial charge on any atom is 0.234 e. The number of carbonyl (C=O) groups is 1. The summed E-state index contributed by atoms with van der Waals surface area (Å²) in [7, 11) is 0. The van der Waals surface area contributed by atoms with Crippen LogP contribution >= 0.6 is 15.9 Å². The van der Waals surface area contributed by atoms with Gasteiger partial charge in [-0.3, -0.25) is 4.79 Å². The fraction of sp³-hybridized carbons (Fsp3) is 0.714. The maximum absolute atomic E-state index is 11.4. The molecule has 7 heteroatoms. The first-order valence-corrected chi connectivity index (χ1v) is 5.17. The van der Waals surface area contributed by atoms with Crippen molar-refractivity contribution in [3.05, 3.63) is 5.82 Å². The van der Waals surface area contributed by atoms with E-state index in [9.17, 15) is 4.79 Å². The number of tetrazole rings is 1. The molecule has 1 atom stereocenters. The normalized spacial score (nSPS) is 12.9. The Bertz CT molecular complexity index is 286. The Morgan fingerprint density at radius 1 is 1.64 bits per heavy atom. The van der Waals surface area contributed by atoms with Gasteiger partial charge in [-0.1, -0.05) is 35.0 Å². The zero-order valence-corrected chi connectivity index (χ0v) is 9.58. The third-order valence-corrected chi connectivity index (χ3v) is 3.12. The van der Waals surface area contributed by atoms with Crippen LogP contribution in [0.2, 0.25) is 0 Å². The standard InChI is InChI=1S/C7H12BrN5O/c1-4(2)6(8)7(14)9-3-5-10-12-13-11-5/h4,6H,3H2,1-2H3,(H,9,14)(H,10,11,12,13). The first-order valence-electron chi connectivity index (χ1n) is 4.25. The molecule has 78 valence electrons. The van der Waals surface area contributed by atoms with E-state index in [1.165, 1.54) is 0 Å². The number of hydrogen-bond acceptors (Lipinski definition) is 4. The average molecular weight is 262 g/mol. The molecule has 1 aromatic rings. The molecule has 0 spiro atoms. The van der Waals surface area contributed by atoms with Crippen molar-refractivity contribution in [2.24, 2.45) is 5.92 Å². The van der Waals surface area contributed by atoms with E-state index in [0.717, 1.165) is 0 Å². The number of rotatable bonds is 4. The minimum atomic E-state index is -0.186. The van der Waals surface area contributed by atoms with Crippen LogP contribution < -0.4 is 5.32 Å². The Hall–Kier alpha value is -0.980. The average Bonchev–Trinajstić information content (AvgIpc) is 2.65. The molecule has 0 radical (unpaired) electrons.